The lowest BCUT2D eigenvalue weighted by atomic mass is 9.44. The van der Waals surface area contributed by atoms with E-state index in [4.69, 9.17) is 9.15 Å². The van der Waals surface area contributed by atoms with Crippen LogP contribution in [0, 0.1) is 34.5 Å². The first kappa shape index (κ1) is 21.3. The lowest BCUT2D eigenvalue weighted by Gasteiger charge is -2.61. The number of furan rings is 1. The lowest BCUT2D eigenvalue weighted by molar-refractivity contribution is -0.131. The maximum Gasteiger partial charge on any atom is 0.0987 e. The molecule has 0 spiro atoms. The largest absolute Gasteiger partial charge is 0.472 e. The number of rotatable bonds is 5. The first-order chi connectivity index (χ1) is 15.6. The second-order valence-electron chi connectivity index (χ2n) is 12.2. The standard InChI is InChI=1S/C28H42N2O2/c1-27-11-7-21(32-16-10-26-29-13-14-30-26)17-20(27)3-4-22-24-6-5-23(19-9-15-31-18-19)28(24,2)12-8-25(22)27/h9,15,18,20-25H,3-8,10-14,16-17H2,1-2H3,(H,29,30)/t20-,21+,22+,23-,24-,25+,27+,28-/m1/s1. The maximum atomic E-state index is 6.39. The summed E-state index contributed by atoms with van der Waals surface area (Å²) in [6.45, 7) is 8.07. The molecule has 0 saturated heterocycles. The van der Waals surface area contributed by atoms with Crippen LogP contribution in [0.5, 0.6) is 0 Å². The molecule has 8 atom stereocenters. The van der Waals surface area contributed by atoms with Gasteiger partial charge in [-0.1, -0.05) is 13.8 Å². The lowest BCUT2D eigenvalue weighted by Crippen LogP contribution is -2.53. The molecule has 4 aliphatic carbocycles. The van der Waals surface area contributed by atoms with E-state index in [1.807, 2.05) is 12.5 Å². The zero-order chi connectivity index (χ0) is 21.8. The van der Waals surface area contributed by atoms with Gasteiger partial charge in [0.1, 0.15) is 0 Å². The molecule has 1 aromatic heterocycles. The molecule has 1 aliphatic heterocycles. The molecule has 4 heteroatoms. The highest BCUT2D eigenvalue weighted by molar-refractivity contribution is 5.83. The Bertz CT molecular complexity index is 834. The number of hydrogen-bond acceptors (Lipinski definition) is 4. The van der Waals surface area contributed by atoms with Crippen LogP contribution in [0.4, 0.5) is 0 Å². The number of aliphatic imine (C=N–C) groups is 1. The van der Waals surface area contributed by atoms with E-state index in [2.05, 4.69) is 30.2 Å². The normalized spacial score (nSPS) is 45.5. The Morgan fingerprint density at radius 2 is 1.94 bits per heavy atom. The molecule has 1 aromatic rings. The first-order valence-electron chi connectivity index (χ1n) is 13.5. The molecule has 2 heterocycles. The monoisotopic (exact) mass is 438 g/mol. The Morgan fingerprint density at radius 1 is 1.06 bits per heavy atom. The Balaban J connectivity index is 1.11. The van der Waals surface area contributed by atoms with Crippen molar-refractivity contribution in [2.75, 3.05) is 19.7 Å². The minimum Gasteiger partial charge on any atom is -0.472 e. The molecule has 4 saturated carbocycles. The van der Waals surface area contributed by atoms with E-state index < -0.39 is 0 Å². The molecular weight excluding hydrogens is 396 g/mol. The second kappa shape index (κ2) is 8.18. The van der Waals surface area contributed by atoms with E-state index in [1.54, 1.807) is 0 Å². The minimum absolute atomic E-state index is 0.470. The van der Waals surface area contributed by atoms with E-state index in [0.29, 0.717) is 22.9 Å². The van der Waals surface area contributed by atoms with Gasteiger partial charge in [-0.2, -0.15) is 0 Å². The summed E-state index contributed by atoms with van der Waals surface area (Å²) in [5, 5.41) is 3.37. The molecule has 6 rings (SSSR count). The van der Waals surface area contributed by atoms with Crippen LogP contribution in [-0.2, 0) is 4.74 Å². The van der Waals surface area contributed by atoms with Gasteiger partial charge >= 0.3 is 0 Å². The molecular formula is C28H42N2O2. The van der Waals surface area contributed by atoms with E-state index in [0.717, 1.165) is 55.6 Å². The quantitative estimate of drug-likeness (QED) is 0.597. The summed E-state index contributed by atoms with van der Waals surface area (Å²) >= 11 is 0. The van der Waals surface area contributed by atoms with E-state index in [9.17, 15) is 0 Å². The summed E-state index contributed by atoms with van der Waals surface area (Å²) in [7, 11) is 0. The van der Waals surface area contributed by atoms with Crippen molar-refractivity contribution in [1.29, 1.82) is 0 Å². The van der Waals surface area contributed by atoms with Crippen LogP contribution in [0.25, 0.3) is 0 Å². The number of fused-ring (bicyclic) bond motifs is 5. The minimum atomic E-state index is 0.470. The summed E-state index contributed by atoms with van der Waals surface area (Å²) < 4.78 is 11.9. The van der Waals surface area contributed by atoms with Crippen LogP contribution in [-0.4, -0.2) is 31.6 Å². The molecule has 4 nitrogen and oxygen atoms in total. The van der Waals surface area contributed by atoms with Crippen molar-refractivity contribution in [2.45, 2.75) is 90.1 Å². The second-order valence-corrected chi connectivity index (χ2v) is 12.2. The smallest absolute Gasteiger partial charge is 0.0987 e. The topological polar surface area (TPSA) is 46.8 Å². The number of nitrogens with one attached hydrogen (secondary N) is 1. The van der Waals surface area contributed by atoms with E-state index in [-0.39, 0.29) is 0 Å². The van der Waals surface area contributed by atoms with Crippen molar-refractivity contribution in [3.05, 3.63) is 24.2 Å². The fourth-order valence-corrected chi connectivity index (χ4v) is 9.33. The van der Waals surface area contributed by atoms with Crippen molar-refractivity contribution < 1.29 is 9.15 Å². The molecule has 5 aliphatic rings. The molecule has 0 aromatic carbocycles. The zero-order valence-corrected chi connectivity index (χ0v) is 20.2. The molecule has 176 valence electrons. The Labute approximate surface area is 194 Å². The van der Waals surface area contributed by atoms with E-state index in [1.165, 1.54) is 63.4 Å². The van der Waals surface area contributed by atoms with Gasteiger partial charge in [0, 0.05) is 13.0 Å². The summed E-state index contributed by atoms with van der Waals surface area (Å²) in [4.78, 5) is 4.51. The average Bonchev–Trinajstić information content (AvgIpc) is 3.54. The molecule has 1 N–H and O–H groups in total. The Morgan fingerprint density at radius 3 is 2.75 bits per heavy atom. The van der Waals surface area contributed by atoms with Crippen LogP contribution in [0.3, 0.4) is 0 Å². The number of nitrogens with zero attached hydrogens (tertiary/aromatic N) is 1. The number of amidine groups is 1. The third-order valence-corrected chi connectivity index (χ3v) is 11.0. The van der Waals surface area contributed by atoms with Gasteiger partial charge in [-0.15, -0.1) is 0 Å². The predicted octanol–water partition coefficient (Wildman–Crippen LogP) is 6.18. The van der Waals surface area contributed by atoms with Gasteiger partial charge in [-0.25, -0.2) is 0 Å². The van der Waals surface area contributed by atoms with Crippen LogP contribution < -0.4 is 5.32 Å². The van der Waals surface area contributed by atoms with Crippen LogP contribution >= 0.6 is 0 Å². The first-order valence-corrected chi connectivity index (χ1v) is 13.5. The van der Waals surface area contributed by atoms with Crippen LogP contribution in [0.1, 0.15) is 89.5 Å². The van der Waals surface area contributed by atoms with Crippen LogP contribution in [0.15, 0.2) is 28.0 Å². The van der Waals surface area contributed by atoms with Gasteiger partial charge in [0.05, 0.1) is 37.6 Å². The summed E-state index contributed by atoms with van der Waals surface area (Å²) in [6.07, 6.45) is 17.8. The highest BCUT2D eigenvalue weighted by Gasteiger charge is 2.60. The van der Waals surface area contributed by atoms with Gasteiger partial charge in [0.2, 0.25) is 0 Å². The highest BCUT2D eigenvalue weighted by atomic mass is 16.5. The maximum absolute atomic E-state index is 6.39. The van der Waals surface area contributed by atoms with Crippen molar-refractivity contribution in [3.63, 3.8) is 0 Å². The highest BCUT2D eigenvalue weighted by Crippen LogP contribution is 2.69. The summed E-state index contributed by atoms with van der Waals surface area (Å²) in [6, 6.07) is 2.24. The molecule has 32 heavy (non-hydrogen) atoms. The van der Waals surface area contributed by atoms with Crippen molar-refractivity contribution in [2.24, 2.45) is 39.5 Å². The van der Waals surface area contributed by atoms with Gasteiger partial charge in [0.25, 0.3) is 0 Å². The molecule has 0 radical (unpaired) electrons. The average molecular weight is 439 g/mol. The Kier molecular flexibility index (Phi) is 5.43. The fraction of sp³-hybridized carbons (Fsp3) is 0.821. The number of hydrogen-bond donors (Lipinski definition) is 1. The van der Waals surface area contributed by atoms with Gasteiger partial charge in [0.15, 0.2) is 0 Å². The number of ether oxygens (including phenoxy) is 1. The molecule has 0 bridgehead atoms. The third kappa shape index (κ3) is 3.38. The van der Waals surface area contributed by atoms with Gasteiger partial charge in [-0.05, 0) is 110 Å². The SMILES string of the molecule is C[C@]12CC[C@H](OCCC3=NCCN3)C[C@H]1CC[C@H]1[C@H]3CC[C@H](c4ccoc4)[C@@]3(C)CC[C@@H]12. The molecule has 0 unspecified atom stereocenters. The summed E-state index contributed by atoms with van der Waals surface area (Å²) in [5.74, 6) is 5.51. The van der Waals surface area contributed by atoms with Gasteiger partial charge < -0.3 is 14.5 Å². The predicted molar refractivity (Wildman–Crippen MR) is 128 cm³/mol. The zero-order valence-electron chi connectivity index (χ0n) is 20.2. The fourth-order valence-electron chi connectivity index (χ4n) is 9.33. The van der Waals surface area contributed by atoms with Crippen molar-refractivity contribution >= 4 is 5.84 Å². The summed E-state index contributed by atoms with van der Waals surface area (Å²) in [5.41, 5.74) is 2.48. The van der Waals surface area contributed by atoms with Crippen LogP contribution in [0.2, 0.25) is 0 Å². The van der Waals surface area contributed by atoms with Crippen molar-refractivity contribution in [3.8, 4) is 0 Å². The third-order valence-electron chi connectivity index (χ3n) is 11.0. The van der Waals surface area contributed by atoms with Gasteiger partial charge in [-0.3, -0.25) is 4.99 Å². The van der Waals surface area contributed by atoms with Crippen molar-refractivity contribution in [1.82, 2.24) is 5.32 Å². The molecule has 4 fully saturated rings. The molecule has 0 amide bonds. The Hall–Kier alpha value is -1.29. The van der Waals surface area contributed by atoms with E-state index >= 15 is 0 Å².